The Morgan fingerprint density at radius 3 is 2.33 bits per heavy atom. The lowest BCUT2D eigenvalue weighted by Gasteiger charge is -2.07. The largest absolute Gasteiger partial charge is 0.475 e. The summed E-state index contributed by atoms with van der Waals surface area (Å²) in [5.74, 6) is -4.15. The normalized spacial score (nSPS) is 11.5. The topological polar surface area (TPSA) is 96.6 Å². The van der Waals surface area contributed by atoms with Gasteiger partial charge in [-0.15, -0.1) is 0 Å². The molecular weight excluding hydrogens is 308 g/mol. The predicted molar refractivity (Wildman–Crippen MR) is 66.1 cm³/mol. The summed E-state index contributed by atoms with van der Waals surface area (Å²) in [7, 11) is -4.44. The maximum absolute atomic E-state index is 13.4. The van der Waals surface area contributed by atoms with Gasteiger partial charge in [0, 0.05) is 0 Å². The molecule has 0 saturated heterocycles. The highest BCUT2D eigenvalue weighted by atomic mass is 32.2. The van der Waals surface area contributed by atoms with Crippen LogP contribution in [0.3, 0.4) is 0 Å². The molecule has 0 unspecified atom stereocenters. The zero-order valence-corrected chi connectivity index (χ0v) is 11.2. The average Bonchev–Trinajstić information content (AvgIpc) is 2.85. The van der Waals surface area contributed by atoms with Crippen LogP contribution >= 0.6 is 0 Å². The van der Waals surface area contributed by atoms with E-state index in [0.717, 1.165) is 24.3 Å². The number of nitrogens with one attached hydrogen (secondary N) is 1. The highest BCUT2D eigenvalue weighted by Gasteiger charge is 2.24. The number of rotatable bonds is 5. The first kappa shape index (κ1) is 15.1. The molecule has 0 saturated carbocycles. The molecule has 6 nitrogen and oxygen atoms in total. The Morgan fingerprint density at radius 1 is 1.19 bits per heavy atom. The monoisotopic (exact) mass is 317 g/mol. The number of carboxylic acid groups (broad SMARTS) is 1. The zero-order valence-electron chi connectivity index (χ0n) is 10.3. The Morgan fingerprint density at radius 2 is 1.81 bits per heavy atom. The fourth-order valence-corrected chi connectivity index (χ4v) is 2.69. The van der Waals surface area contributed by atoms with Crippen LogP contribution in [0.4, 0.5) is 8.78 Å². The zero-order chi connectivity index (χ0) is 15.6. The molecule has 1 heterocycles. The van der Waals surface area contributed by atoms with Gasteiger partial charge in [0.2, 0.25) is 15.8 Å². The van der Waals surface area contributed by atoms with Crippen LogP contribution < -0.4 is 4.72 Å². The third-order valence-corrected chi connectivity index (χ3v) is 3.95. The molecule has 1 aromatic carbocycles. The van der Waals surface area contributed by atoms with Crippen LogP contribution in [0.5, 0.6) is 0 Å². The Kier molecular flexibility index (Phi) is 4.05. The van der Waals surface area contributed by atoms with Crippen LogP contribution in [0.1, 0.15) is 16.3 Å². The lowest BCUT2D eigenvalue weighted by atomic mass is 10.3. The van der Waals surface area contributed by atoms with Crippen molar-refractivity contribution in [2.24, 2.45) is 0 Å². The molecule has 0 aliphatic heterocycles. The number of halogens is 2. The molecule has 0 aliphatic carbocycles. The van der Waals surface area contributed by atoms with Crippen LogP contribution in [0.2, 0.25) is 0 Å². The third kappa shape index (κ3) is 3.26. The van der Waals surface area contributed by atoms with Crippen molar-refractivity contribution in [3.63, 3.8) is 0 Å². The maximum Gasteiger partial charge on any atom is 0.371 e. The molecule has 2 aromatic rings. The average molecular weight is 317 g/mol. The molecule has 2 N–H and O–H groups in total. The van der Waals surface area contributed by atoms with Crippen molar-refractivity contribution in [2.75, 3.05) is 0 Å². The van der Waals surface area contributed by atoms with Crippen molar-refractivity contribution >= 4 is 16.0 Å². The van der Waals surface area contributed by atoms with E-state index in [-0.39, 0.29) is 11.5 Å². The first-order valence-electron chi connectivity index (χ1n) is 5.57. The Labute approximate surface area is 118 Å². The standard InChI is InChI=1S/C12H9F2NO5S/c13-8-2-1-3-9(14)11(8)21(18,19)15-6-7-4-5-10(20-7)12(16)17/h1-5,15H,6H2,(H,16,17). The highest BCUT2D eigenvalue weighted by molar-refractivity contribution is 7.89. The summed E-state index contributed by atoms with van der Waals surface area (Å²) in [6.07, 6.45) is 0. The molecule has 1 aromatic heterocycles. The number of furan rings is 1. The lowest BCUT2D eigenvalue weighted by Crippen LogP contribution is -2.25. The summed E-state index contributed by atoms with van der Waals surface area (Å²) in [6.45, 7) is -0.441. The minimum atomic E-state index is -4.44. The van der Waals surface area contributed by atoms with E-state index in [4.69, 9.17) is 9.52 Å². The lowest BCUT2D eigenvalue weighted by molar-refractivity contribution is 0.0660. The maximum atomic E-state index is 13.4. The molecule has 9 heteroatoms. The molecule has 0 fully saturated rings. The van der Waals surface area contributed by atoms with Crippen LogP contribution in [-0.4, -0.2) is 19.5 Å². The summed E-state index contributed by atoms with van der Waals surface area (Å²) in [6, 6.07) is 5.04. The fraction of sp³-hybridized carbons (Fsp3) is 0.0833. The van der Waals surface area contributed by atoms with Crippen molar-refractivity contribution < 1.29 is 31.5 Å². The van der Waals surface area contributed by atoms with Gasteiger partial charge in [0.1, 0.15) is 17.4 Å². The second-order valence-corrected chi connectivity index (χ2v) is 5.65. The summed E-state index contributed by atoms with van der Waals surface area (Å²) in [4.78, 5) is 9.49. The molecule has 0 aliphatic rings. The van der Waals surface area contributed by atoms with Gasteiger partial charge in [-0.25, -0.2) is 26.7 Å². The first-order valence-corrected chi connectivity index (χ1v) is 7.05. The minimum absolute atomic E-state index is 0.00674. The number of carboxylic acids is 1. The van der Waals surface area contributed by atoms with Gasteiger partial charge < -0.3 is 9.52 Å². The van der Waals surface area contributed by atoms with E-state index in [1.54, 1.807) is 0 Å². The minimum Gasteiger partial charge on any atom is -0.475 e. The number of sulfonamides is 1. The van der Waals surface area contributed by atoms with Gasteiger partial charge in [0.15, 0.2) is 4.90 Å². The second-order valence-electron chi connectivity index (χ2n) is 3.95. The smallest absolute Gasteiger partial charge is 0.371 e. The number of benzene rings is 1. The highest BCUT2D eigenvalue weighted by Crippen LogP contribution is 2.18. The molecule has 0 radical (unpaired) electrons. The third-order valence-electron chi connectivity index (χ3n) is 2.50. The Hall–Kier alpha value is -2.26. The summed E-state index contributed by atoms with van der Waals surface area (Å²) < 4.78 is 57.3. The Balaban J connectivity index is 2.20. The van der Waals surface area contributed by atoms with E-state index in [0.29, 0.717) is 0 Å². The van der Waals surface area contributed by atoms with Gasteiger partial charge in [0.05, 0.1) is 6.54 Å². The van der Waals surface area contributed by atoms with Crippen molar-refractivity contribution in [2.45, 2.75) is 11.4 Å². The number of hydrogen-bond acceptors (Lipinski definition) is 4. The molecule has 0 amide bonds. The van der Waals surface area contributed by atoms with Crippen molar-refractivity contribution in [3.05, 3.63) is 53.5 Å². The Bertz CT molecular complexity index is 764. The number of hydrogen-bond donors (Lipinski definition) is 2. The van der Waals surface area contributed by atoms with Crippen molar-refractivity contribution in [1.82, 2.24) is 4.72 Å². The molecular formula is C12H9F2NO5S. The number of aromatic carboxylic acids is 1. The van der Waals surface area contributed by atoms with E-state index in [2.05, 4.69) is 0 Å². The van der Waals surface area contributed by atoms with E-state index in [1.165, 1.54) is 6.07 Å². The van der Waals surface area contributed by atoms with Gasteiger partial charge >= 0.3 is 5.97 Å². The quantitative estimate of drug-likeness (QED) is 0.875. The van der Waals surface area contributed by atoms with Gasteiger partial charge in [-0.2, -0.15) is 0 Å². The van der Waals surface area contributed by atoms with E-state index < -0.39 is 39.1 Å². The van der Waals surface area contributed by atoms with Crippen molar-refractivity contribution in [1.29, 1.82) is 0 Å². The van der Waals surface area contributed by atoms with Crippen LogP contribution in [0.15, 0.2) is 39.6 Å². The van der Waals surface area contributed by atoms with E-state index in [9.17, 15) is 22.0 Å². The van der Waals surface area contributed by atoms with Crippen molar-refractivity contribution in [3.8, 4) is 0 Å². The fourth-order valence-electron chi connectivity index (χ4n) is 1.57. The molecule has 112 valence electrons. The second kappa shape index (κ2) is 5.62. The molecule has 0 bridgehead atoms. The van der Waals surface area contributed by atoms with Crippen LogP contribution in [-0.2, 0) is 16.6 Å². The molecule has 21 heavy (non-hydrogen) atoms. The molecule has 0 spiro atoms. The van der Waals surface area contributed by atoms with Crippen LogP contribution in [0.25, 0.3) is 0 Å². The predicted octanol–water partition coefficient (Wildman–Crippen LogP) is 1.73. The SMILES string of the molecule is O=C(O)c1ccc(CNS(=O)(=O)c2c(F)cccc2F)o1. The van der Waals surface area contributed by atoms with E-state index in [1.807, 2.05) is 4.72 Å². The van der Waals surface area contributed by atoms with Gasteiger partial charge in [0.25, 0.3) is 0 Å². The van der Waals surface area contributed by atoms with E-state index >= 15 is 0 Å². The summed E-state index contributed by atoms with van der Waals surface area (Å²) in [5, 5.41) is 8.65. The van der Waals surface area contributed by atoms with Gasteiger partial charge in [-0.1, -0.05) is 6.07 Å². The summed E-state index contributed by atoms with van der Waals surface area (Å²) >= 11 is 0. The van der Waals surface area contributed by atoms with Gasteiger partial charge in [-0.05, 0) is 24.3 Å². The molecule has 0 atom stereocenters. The summed E-state index contributed by atoms with van der Waals surface area (Å²) in [5.41, 5.74) is 0. The first-order chi connectivity index (χ1) is 9.81. The number of carbonyl (C=O) groups is 1. The van der Waals surface area contributed by atoms with Gasteiger partial charge in [-0.3, -0.25) is 0 Å². The molecule has 2 rings (SSSR count). The van der Waals surface area contributed by atoms with Crippen LogP contribution in [0, 0.1) is 11.6 Å².